The van der Waals surface area contributed by atoms with Crippen LogP contribution in [-0.2, 0) is 16.6 Å². The number of nitrogens with zero attached hydrogens (tertiary/aromatic N) is 1. The molecule has 0 bridgehead atoms. The lowest BCUT2D eigenvalue weighted by atomic mass is 10.1. The molecule has 3 aromatic carbocycles. The smallest absolute Gasteiger partial charge is 0.286 e. The standard InChI is InChI=1S/C22H17BrClFN2O4S/c1-2-30-19-10-14(22-26-18-5-3-4-6-20(18)32(28,29)27-22)9-16(23)21(19)31-12-13-7-8-15(25)11-17(13)24/h3-11H,2,12H2,1H3,(H,26,27). The summed E-state index contributed by atoms with van der Waals surface area (Å²) < 4.78 is 54.6. The molecule has 1 heterocycles. The number of ether oxygens (including phenoxy) is 2. The maximum Gasteiger partial charge on any atom is 0.286 e. The van der Waals surface area contributed by atoms with Crippen molar-refractivity contribution in [3.8, 4) is 11.5 Å². The van der Waals surface area contributed by atoms with Crippen molar-refractivity contribution in [1.82, 2.24) is 0 Å². The Bertz CT molecular complexity index is 1330. The van der Waals surface area contributed by atoms with Gasteiger partial charge in [0.05, 0.1) is 21.8 Å². The average Bonchev–Trinajstić information content (AvgIpc) is 2.74. The van der Waals surface area contributed by atoms with Gasteiger partial charge >= 0.3 is 0 Å². The van der Waals surface area contributed by atoms with Crippen LogP contribution in [0.5, 0.6) is 11.5 Å². The Balaban J connectivity index is 1.68. The van der Waals surface area contributed by atoms with Crippen molar-refractivity contribution in [2.75, 3.05) is 11.9 Å². The van der Waals surface area contributed by atoms with Crippen molar-refractivity contribution in [2.45, 2.75) is 18.4 Å². The molecular formula is C22H17BrClFN2O4S. The first-order chi connectivity index (χ1) is 15.3. The zero-order valence-electron chi connectivity index (χ0n) is 16.7. The molecule has 166 valence electrons. The first kappa shape index (κ1) is 22.6. The SMILES string of the molecule is CCOc1cc(C2=NS(=O)(=O)c3ccccc3N2)cc(Br)c1OCc1ccc(F)cc1Cl. The summed E-state index contributed by atoms with van der Waals surface area (Å²) in [5.74, 6) is 0.515. The summed E-state index contributed by atoms with van der Waals surface area (Å²) in [5, 5.41) is 3.31. The third-order valence-electron chi connectivity index (χ3n) is 4.60. The highest BCUT2D eigenvalue weighted by atomic mass is 79.9. The Morgan fingerprint density at radius 2 is 1.91 bits per heavy atom. The average molecular weight is 540 g/mol. The maximum absolute atomic E-state index is 13.3. The van der Waals surface area contributed by atoms with E-state index in [1.807, 2.05) is 6.92 Å². The Kier molecular flexibility index (Phi) is 6.41. The van der Waals surface area contributed by atoms with E-state index in [0.29, 0.717) is 39.4 Å². The monoisotopic (exact) mass is 538 g/mol. The minimum Gasteiger partial charge on any atom is -0.490 e. The molecular weight excluding hydrogens is 523 g/mol. The fourth-order valence-corrected chi connectivity index (χ4v) is 5.05. The number of para-hydroxylation sites is 1. The number of anilines is 1. The molecule has 3 aromatic rings. The molecule has 0 atom stereocenters. The Labute approximate surface area is 198 Å². The van der Waals surface area contributed by atoms with Gasteiger partial charge in [0.15, 0.2) is 17.3 Å². The zero-order valence-corrected chi connectivity index (χ0v) is 19.9. The molecule has 0 radical (unpaired) electrons. The molecule has 10 heteroatoms. The summed E-state index contributed by atoms with van der Waals surface area (Å²) in [6, 6.07) is 13.9. The Hall–Kier alpha value is -2.62. The van der Waals surface area contributed by atoms with E-state index in [9.17, 15) is 12.8 Å². The van der Waals surface area contributed by atoms with E-state index < -0.39 is 15.8 Å². The van der Waals surface area contributed by atoms with Crippen molar-refractivity contribution in [3.63, 3.8) is 0 Å². The molecule has 0 saturated carbocycles. The molecule has 1 aliphatic rings. The van der Waals surface area contributed by atoms with Crippen molar-refractivity contribution >= 4 is 49.1 Å². The second-order valence-corrected chi connectivity index (χ2v) is 9.61. The molecule has 0 unspecified atom stereocenters. The maximum atomic E-state index is 13.3. The molecule has 1 N–H and O–H groups in total. The number of hydrogen-bond donors (Lipinski definition) is 1. The highest BCUT2D eigenvalue weighted by Gasteiger charge is 2.26. The van der Waals surface area contributed by atoms with Crippen LogP contribution in [0.3, 0.4) is 0 Å². The first-order valence-corrected chi connectivity index (χ1v) is 12.1. The lowest BCUT2D eigenvalue weighted by Gasteiger charge is -2.20. The van der Waals surface area contributed by atoms with E-state index in [-0.39, 0.29) is 22.4 Å². The quantitative estimate of drug-likeness (QED) is 0.430. The van der Waals surface area contributed by atoms with Crippen molar-refractivity contribution in [1.29, 1.82) is 0 Å². The summed E-state index contributed by atoms with van der Waals surface area (Å²) in [7, 11) is -3.85. The highest BCUT2D eigenvalue weighted by molar-refractivity contribution is 9.10. The lowest BCUT2D eigenvalue weighted by Crippen LogP contribution is -2.22. The number of benzene rings is 3. The summed E-state index contributed by atoms with van der Waals surface area (Å²) in [5.41, 5.74) is 1.54. The molecule has 0 spiro atoms. The zero-order chi connectivity index (χ0) is 22.9. The molecule has 1 aliphatic heterocycles. The van der Waals surface area contributed by atoms with Crippen molar-refractivity contribution in [2.24, 2.45) is 4.40 Å². The van der Waals surface area contributed by atoms with Crippen LogP contribution in [0.1, 0.15) is 18.1 Å². The van der Waals surface area contributed by atoms with Gasteiger partial charge in [-0.3, -0.25) is 0 Å². The van der Waals surface area contributed by atoms with Gasteiger partial charge in [0.2, 0.25) is 0 Å². The number of amidine groups is 1. The summed E-state index contributed by atoms with van der Waals surface area (Å²) in [4.78, 5) is 0.115. The van der Waals surface area contributed by atoms with Crippen LogP contribution in [0.15, 0.2) is 68.4 Å². The summed E-state index contributed by atoms with van der Waals surface area (Å²) in [6.07, 6.45) is 0. The molecule has 32 heavy (non-hydrogen) atoms. The molecule has 0 amide bonds. The van der Waals surface area contributed by atoms with Gasteiger partial charge in [-0.2, -0.15) is 8.42 Å². The van der Waals surface area contributed by atoms with Gasteiger partial charge < -0.3 is 14.8 Å². The van der Waals surface area contributed by atoms with Gasteiger partial charge in [-0.25, -0.2) is 4.39 Å². The Morgan fingerprint density at radius 3 is 2.66 bits per heavy atom. The van der Waals surface area contributed by atoms with E-state index in [2.05, 4.69) is 25.6 Å². The number of halogens is 3. The summed E-state index contributed by atoms with van der Waals surface area (Å²) >= 11 is 9.56. The van der Waals surface area contributed by atoms with Crippen LogP contribution in [0.4, 0.5) is 10.1 Å². The molecule has 0 aromatic heterocycles. The van der Waals surface area contributed by atoms with Gasteiger partial charge in [-0.15, -0.1) is 4.40 Å². The fourth-order valence-electron chi connectivity index (χ4n) is 3.14. The van der Waals surface area contributed by atoms with Gasteiger partial charge in [0.25, 0.3) is 10.0 Å². The number of sulfonamides is 1. The lowest BCUT2D eigenvalue weighted by molar-refractivity contribution is 0.267. The van der Waals surface area contributed by atoms with Gasteiger partial charge in [0, 0.05) is 11.1 Å². The van der Waals surface area contributed by atoms with Crippen LogP contribution < -0.4 is 14.8 Å². The Morgan fingerprint density at radius 1 is 1.12 bits per heavy atom. The van der Waals surface area contributed by atoms with Crippen LogP contribution in [0, 0.1) is 5.82 Å². The normalized spacial score (nSPS) is 14.2. The second kappa shape index (κ2) is 9.09. The van der Waals surface area contributed by atoms with Gasteiger partial charge in [-0.05, 0) is 59.3 Å². The third-order valence-corrected chi connectivity index (χ3v) is 6.88. The topological polar surface area (TPSA) is 77.0 Å². The van der Waals surface area contributed by atoms with E-state index in [1.165, 1.54) is 18.2 Å². The van der Waals surface area contributed by atoms with Crippen LogP contribution in [0.25, 0.3) is 0 Å². The van der Waals surface area contributed by atoms with E-state index >= 15 is 0 Å². The van der Waals surface area contributed by atoms with Crippen molar-refractivity contribution < 1.29 is 22.3 Å². The first-order valence-electron chi connectivity index (χ1n) is 9.53. The predicted octanol–water partition coefficient (Wildman–Crippen LogP) is 5.78. The van der Waals surface area contributed by atoms with Crippen molar-refractivity contribution in [3.05, 3.63) is 81.0 Å². The fraction of sp³-hybridized carbons (Fsp3) is 0.136. The molecule has 4 rings (SSSR count). The van der Waals surface area contributed by atoms with Crippen LogP contribution >= 0.6 is 27.5 Å². The van der Waals surface area contributed by atoms with Gasteiger partial charge in [0.1, 0.15) is 17.3 Å². The number of fused-ring (bicyclic) bond motifs is 1. The summed E-state index contributed by atoms with van der Waals surface area (Å²) in [6.45, 7) is 2.25. The molecule has 6 nitrogen and oxygen atoms in total. The van der Waals surface area contributed by atoms with Gasteiger partial charge in [-0.1, -0.05) is 29.8 Å². The largest absolute Gasteiger partial charge is 0.490 e. The highest BCUT2D eigenvalue weighted by Crippen LogP contribution is 2.39. The molecule has 0 fully saturated rings. The number of hydrogen-bond acceptors (Lipinski definition) is 5. The minimum absolute atomic E-state index is 0.0814. The van der Waals surface area contributed by atoms with Crippen LogP contribution in [-0.4, -0.2) is 20.9 Å². The third kappa shape index (κ3) is 4.60. The second-order valence-electron chi connectivity index (χ2n) is 6.78. The van der Waals surface area contributed by atoms with E-state index in [1.54, 1.807) is 36.4 Å². The van der Waals surface area contributed by atoms with E-state index in [0.717, 1.165) is 0 Å². The predicted molar refractivity (Wildman–Crippen MR) is 125 cm³/mol. The van der Waals surface area contributed by atoms with E-state index in [4.69, 9.17) is 21.1 Å². The minimum atomic E-state index is -3.85. The molecule has 0 aliphatic carbocycles. The molecule has 0 saturated heterocycles. The number of rotatable bonds is 6. The number of nitrogens with one attached hydrogen (secondary N) is 1. The van der Waals surface area contributed by atoms with Crippen LogP contribution in [0.2, 0.25) is 5.02 Å².